The normalized spacial score (nSPS) is 12.5. The van der Waals surface area contributed by atoms with Crippen molar-refractivity contribution in [2.24, 2.45) is 0 Å². The fourth-order valence-electron chi connectivity index (χ4n) is 1.89. The molecule has 1 aliphatic carbocycles. The van der Waals surface area contributed by atoms with E-state index in [2.05, 4.69) is 33.0 Å². The second-order valence-electron chi connectivity index (χ2n) is 5.66. The smallest absolute Gasteiger partial charge is 0.123 e. The number of nitrogens with one attached hydrogen (secondary N) is 1. The Hall–Kier alpha value is 0.214. The second-order valence-corrected chi connectivity index (χ2v) is 5.66. The third kappa shape index (κ3) is 12.7. The monoisotopic (exact) mass is 388 g/mol. The maximum atomic E-state index is 12.4. The molecular weight excluding hydrogens is 350 g/mol. The van der Waals surface area contributed by atoms with Crippen LogP contribution in [0.3, 0.4) is 0 Å². The Morgan fingerprint density at radius 3 is 1.64 bits per heavy atom. The maximum Gasteiger partial charge on any atom is 0.123 e. The average molecular weight is 388 g/mol. The van der Waals surface area contributed by atoms with E-state index in [4.69, 9.17) is 0 Å². The molecule has 129 valence electrons. The minimum Gasteiger partial charge on any atom is -0.312 e. The molecule has 1 N–H and O–H groups in total. The molecule has 1 radical (unpaired) electrons. The van der Waals surface area contributed by atoms with Crippen LogP contribution < -0.4 is 5.32 Å². The van der Waals surface area contributed by atoms with Crippen LogP contribution in [0.5, 0.6) is 0 Å². The van der Waals surface area contributed by atoms with Gasteiger partial charge in [-0.3, -0.25) is 0 Å². The summed E-state index contributed by atoms with van der Waals surface area (Å²) in [6.07, 6.45) is 4.24. The zero-order valence-corrected chi connectivity index (χ0v) is 15.5. The Bertz CT molecular complexity index is 332. The first kappa shape index (κ1) is 30.1. The molecule has 0 heterocycles. The zero-order chi connectivity index (χ0) is 13.5. The summed E-state index contributed by atoms with van der Waals surface area (Å²) >= 11 is 0. The van der Waals surface area contributed by atoms with Crippen LogP contribution in [0.15, 0.2) is 24.3 Å². The fraction of sp³-hybridized carbons (Fsp3) is 0.684. The number of hydrogen-bond donors (Lipinski definition) is 1. The Morgan fingerprint density at radius 1 is 0.955 bits per heavy atom. The van der Waals surface area contributed by atoms with Crippen LogP contribution >= 0.6 is 0 Å². The van der Waals surface area contributed by atoms with Crippen molar-refractivity contribution in [3.63, 3.8) is 0 Å². The molecule has 1 aromatic rings. The third-order valence-electron chi connectivity index (χ3n) is 3.21. The summed E-state index contributed by atoms with van der Waals surface area (Å²) in [6, 6.07) is 8.17. The van der Waals surface area contributed by atoms with E-state index in [-0.39, 0.29) is 60.8 Å². The molecule has 0 atom stereocenters. The first-order valence-corrected chi connectivity index (χ1v) is 7.00. The van der Waals surface area contributed by atoms with E-state index in [1.807, 2.05) is 12.1 Å². The minimum absolute atomic E-state index is 0. The van der Waals surface area contributed by atoms with Crippen molar-refractivity contribution in [1.29, 1.82) is 0 Å². The van der Waals surface area contributed by atoms with Gasteiger partial charge in [-0.1, -0.05) is 68.5 Å². The van der Waals surface area contributed by atoms with Gasteiger partial charge in [-0.2, -0.15) is 0 Å². The molecule has 1 aliphatic rings. The topological polar surface area (TPSA) is 12.0 Å². The van der Waals surface area contributed by atoms with E-state index in [1.54, 1.807) is 0 Å². The molecular formula is C19H38FNY. The molecule has 22 heavy (non-hydrogen) atoms. The van der Waals surface area contributed by atoms with Gasteiger partial charge < -0.3 is 5.32 Å². The predicted molar refractivity (Wildman–Crippen MR) is 96.6 cm³/mol. The Balaban J connectivity index is -0.000000126. The summed E-state index contributed by atoms with van der Waals surface area (Å²) in [4.78, 5) is 0. The quantitative estimate of drug-likeness (QED) is 0.632. The van der Waals surface area contributed by atoms with Crippen molar-refractivity contribution in [1.82, 2.24) is 5.32 Å². The van der Waals surface area contributed by atoms with Crippen molar-refractivity contribution >= 4 is 0 Å². The second kappa shape index (κ2) is 16.1. The molecule has 0 saturated heterocycles. The van der Waals surface area contributed by atoms with E-state index in [9.17, 15) is 4.39 Å². The average Bonchev–Trinajstić information content (AvgIpc) is 2.25. The van der Waals surface area contributed by atoms with E-state index in [0.717, 1.165) is 6.04 Å². The Labute approximate surface area is 164 Å². The van der Waals surface area contributed by atoms with E-state index in [0.29, 0.717) is 12.0 Å². The summed E-state index contributed by atoms with van der Waals surface area (Å²) in [6.45, 7) is 8.59. The van der Waals surface area contributed by atoms with Gasteiger partial charge in [0, 0.05) is 44.8 Å². The molecule has 1 fully saturated rings. The van der Waals surface area contributed by atoms with Crippen molar-refractivity contribution < 1.29 is 37.1 Å². The first-order chi connectivity index (χ1) is 8.49. The zero-order valence-electron chi connectivity index (χ0n) is 12.6. The first-order valence-electron chi connectivity index (χ1n) is 7.00. The number of halogens is 1. The van der Waals surface area contributed by atoms with Gasteiger partial charge in [0.1, 0.15) is 5.82 Å². The predicted octanol–water partition coefficient (Wildman–Crippen LogP) is 6.39. The van der Waals surface area contributed by atoms with Gasteiger partial charge in [0.25, 0.3) is 0 Å². The number of benzene rings is 1. The van der Waals surface area contributed by atoms with Crippen LogP contribution in [-0.2, 0) is 32.7 Å². The molecule has 2 rings (SSSR count). The molecule has 1 aromatic carbocycles. The van der Waals surface area contributed by atoms with Gasteiger partial charge in [0.15, 0.2) is 0 Å². The summed E-state index contributed by atoms with van der Waals surface area (Å²) < 4.78 is 12.4. The summed E-state index contributed by atoms with van der Waals surface area (Å²) in [7, 11) is 0. The van der Waals surface area contributed by atoms with Crippen LogP contribution in [0.2, 0.25) is 0 Å². The molecule has 0 aromatic heterocycles. The largest absolute Gasteiger partial charge is 0.312 e. The summed E-state index contributed by atoms with van der Waals surface area (Å²) in [5.41, 5.74) is 1.18. The number of rotatable bonds is 3. The van der Waals surface area contributed by atoms with Gasteiger partial charge in [-0.15, -0.1) is 0 Å². The summed E-state index contributed by atoms with van der Waals surface area (Å²) in [5, 5.41) is 3.48. The molecule has 1 nitrogen and oxygen atoms in total. The van der Waals surface area contributed by atoms with Crippen LogP contribution in [0.1, 0.15) is 80.7 Å². The van der Waals surface area contributed by atoms with Crippen molar-refractivity contribution in [3.8, 4) is 0 Å². The summed E-state index contributed by atoms with van der Waals surface area (Å²) in [5.74, 6) is 0.324. The minimum atomic E-state index is -0.163. The van der Waals surface area contributed by atoms with E-state index >= 15 is 0 Å². The molecule has 1 saturated carbocycles. The Kier molecular flexibility index (Phi) is 22.0. The van der Waals surface area contributed by atoms with Crippen LogP contribution in [0.25, 0.3) is 0 Å². The molecule has 0 aliphatic heterocycles. The third-order valence-corrected chi connectivity index (χ3v) is 3.21. The number of hydrogen-bond acceptors (Lipinski definition) is 1. The SMILES string of the molecule is C.C.C.CC(C)NC1CCC1.CC(C)c1ccc(F)cc1.[Y]. The van der Waals surface area contributed by atoms with Crippen molar-refractivity contribution in [2.45, 2.75) is 87.2 Å². The van der Waals surface area contributed by atoms with Crippen molar-refractivity contribution in [2.75, 3.05) is 0 Å². The van der Waals surface area contributed by atoms with Gasteiger partial charge in [-0.25, -0.2) is 4.39 Å². The maximum absolute atomic E-state index is 12.4. The van der Waals surface area contributed by atoms with E-state index < -0.39 is 0 Å². The molecule has 0 unspecified atom stereocenters. The molecule has 0 bridgehead atoms. The fourth-order valence-corrected chi connectivity index (χ4v) is 1.89. The van der Waals surface area contributed by atoms with Crippen LogP contribution in [0.4, 0.5) is 4.39 Å². The van der Waals surface area contributed by atoms with Gasteiger partial charge in [0.05, 0.1) is 0 Å². The van der Waals surface area contributed by atoms with E-state index in [1.165, 1.54) is 37.0 Å². The van der Waals surface area contributed by atoms with Gasteiger partial charge in [-0.05, 0) is 36.5 Å². The van der Waals surface area contributed by atoms with Gasteiger partial charge >= 0.3 is 0 Å². The van der Waals surface area contributed by atoms with Gasteiger partial charge in [0.2, 0.25) is 0 Å². The molecule has 0 amide bonds. The van der Waals surface area contributed by atoms with Crippen LogP contribution in [0, 0.1) is 5.82 Å². The van der Waals surface area contributed by atoms with Crippen molar-refractivity contribution in [3.05, 3.63) is 35.6 Å². The Morgan fingerprint density at radius 2 is 1.41 bits per heavy atom. The molecule has 3 heteroatoms. The molecule has 0 spiro atoms. The van der Waals surface area contributed by atoms with Crippen LogP contribution in [-0.4, -0.2) is 12.1 Å². The standard InChI is InChI=1S/C9H11F.C7H15N.3CH4.Y/c1-7(2)8-3-5-9(10)6-4-8;1-6(2)8-7-4-3-5-7;;;;/h3-7H,1-2H3;6-8H,3-5H2,1-2H3;3*1H4;.